The third-order valence-corrected chi connectivity index (χ3v) is 2.04. The highest BCUT2D eigenvalue weighted by molar-refractivity contribution is 4.37. The van der Waals surface area contributed by atoms with E-state index in [0.717, 1.165) is 25.9 Å². The van der Waals surface area contributed by atoms with Gasteiger partial charge >= 0.3 is 0 Å². The molecule has 0 aliphatic rings. The normalized spacial score (nSPS) is 10.2. The third-order valence-electron chi connectivity index (χ3n) is 2.04. The predicted molar refractivity (Wildman–Crippen MR) is 52.4 cm³/mol. The lowest BCUT2D eigenvalue weighted by atomic mass is 10.2. The van der Waals surface area contributed by atoms with E-state index in [0.29, 0.717) is 0 Å². The van der Waals surface area contributed by atoms with Crippen molar-refractivity contribution in [2.24, 2.45) is 0 Å². The first-order chi connectivity index (χ1) is 5.81. The van der Waals surface area contributed by atoms with E-state index in [1.54, 1.807) is 0 Å². The first kappa shape index (κ1) is 11.6. The van der Waals surface area contributed by atoms with Gasteiger partial charge in [-0.1, -0.05) is 26.7 Å². The fraction of sp³-hybridized carbons (Fsp3) is 1.00. The standard InChI is InChI=1S/C10H22N2/c1-3-5-7-9-12(11)10-8-6-4-2/h3-10H2,1-2H3. The average Bonchev–Trinajstić information content (AvgIpc) is 2.06. The minimum absolute atomic E-state index is 0.845. The van der Waals surface area contributed by atoms with E-state index in [9.17, 15) is 5.53 Å². The molecule has 0 aliphatic carbocycles. The highest BCUT2D eigenvalue weighted by atomic mass is 15.2. The zero-order valence-electron chi connectivity index (χ0n) is 8.55. The topological polar surface area (TPSA) is 25.3 Å². The van der Waals surface area contributed by atoms with Gasteiger partial charge in [-0.15, -0.1) is 0 Å². The Hall–Kier alpha value is -0.400. The second-order valence-corrected chi connectivity index (χ2v) is 3.37. The summed E-state index contributed by atoms with van der Waals surface area (Å²) in [5.74, 6) is 0. The Morgan fingerprint density at radius 1 is 0.833 bits per heavy atom. The van der Waals surface area contributed by atoms with Gasteiger partial charge in [0.05, 0.1) is 0 Å². The Morgan fingerprint density at radius 3 is 1.58 bits per heavy atom. The van der Waals surface area contributed by atoms with Gasteiger partial charge in [0, 0.05) is 12.8 Å². The highest BCUT2D eigenvalue weighted by Crippen LogP contribution is 1.97. The molecule has 72 valence electrons. The molecular formula is C10H22N2. The summed E-state index contributed by atoms with van der Waals surface area (Å²) in [5.41, 5.74) is 9.34. The molecule has 0 radical (unpaired) electrons. The summed E-state index contributed by atoms with van der Waals surface area (Å²) in [5, 5.41) is 0. The number of hydrogen-bond donors (Lipinski definition) is 0. The lowest BCUT2D eigenvalue weighted by Crippen LogP contribution is -2.10. The Labute approximate surface area is 76.5 Å². The minimum Gasteiger partial charge on any atom is -0.507 e. The van der Waals surface area contributed by atoms with Crippen molar-refractivity contribution in [1.29, 1.82) is 0 Å². The van der Waals surface area contributed by atoms with Crippen molar-refractivity contribution in [3.05, 3.63) is 5.53 Å². The van der Waals surface area contributed by atoms with Crippen molar-refractivity contribution in [2.75, 3.05) is 13.1 Å². The lowest BCUT2D eigenvalue weighted by molar-refractivity contribution is -0.550. The van der Waals surface area contributed by atoms with Crippen LogP contribution in [-0.4, -0.2) is 17.8 Å². The van der Waals surface area contributed by atoms with Crippen LogP contribution in [0.1, 0.15) is 52.4 Å². The molecule has 12 heavy (non-hydrogen) atoms. The van der Waals surface area contributed by atoms with Gasteiger partial charge < -0.3 is 10.2 Å². The molecule has 0 spiro atoms. The van der Waals surface area contributed by atoms with Gasteiger partial charge in [-0.2, -0.15) is 0 Å². The molecule has 0 saturated heterocycles. The largest absolute Gasteiger partial charge is 0.507 e. The van der Waals surface area contributed by atoms with Gasteiger partial charge in [0.1, 0.15) is 13.1 Å². The van der Waals surface area contributed by atoms with Crippen LogP contribution in [0.5, 0.6) is 0 Å². The third kappa shape index (κ3) is 7.70. The van der Waals surface area contributed by atoms with Gasteiger partial charge in [0.25, 0.3) is 0 Å². The minimum atomic E-state index is 0.845. The van der Waals surface area contributed by atoms with E-state index in [2.05, 4.69) is 13.8 Å². The van der Waals surface area contributed by atoms with Crippen LogP contribution in [0.4, 0.5) is 0 Å². The molecular weight excluding hydrogens is 148 g/mol. The second kappa shape index (κ2) is 8.69. The summed E-state index contributed by atoms with van der Waals surface area (Å²) in [6.45, 7) is 6.05. The highest BCUT2D eigenvalue weighted by Gasteiger charge is 1.95. The van der Waals surface area contributed by atoms with E-state index >= 15 is 0 Å². The first-order valence-electron chi connectivity index (χ1n) is 5.25. The SMILES string of the molecule is CCCCC[N+](=[N-])CCCCC. The van der Waals surface area contributed by atoms with Crippen molar-refractivity contribution in [3.8, 4) is 0 Å². The van der Waals surface area contributed by atoms with Gasteiger partial charge in [-0.05, 0) is 12.8 Å². The van der Waals surface area contributed by atoms with E-state index in [1.165, 1.54) is 30.4 Å². The maximum Gasteiger partial charge on any atom is 0.130 e. The number of nitrogens with zero attached hydrogens (tertiary/aromatic N) is 2. The first-order valence-corrected chi connectivity index (χ1v) is 5.25. The van der Waals surface area contributed by atoms with Crippen LogP contribution in [0.3, 0.4) is 0 Å². The van der Waals surface area contributed by atoms with E-state index < -0.39 is 0 Å². The molecule has 2 heteroatoms. The van der Waals surface area contributed by atoms with E-state index in [4.69, 9.17) is 0 Å². The van der Waals surface area contributed by atoms with Gasteiger partial charge in [-0.3, -0.25) is 0 Å². The van der Waals surface area contributed by atoms with Crippen molar-refractivity contribution in [3.63, 3.8) is 0 Å². The molecule has 0 heterocycles. The summed E-state index contributed by atoms with van der Waals surface area (Å²) in [6, 6.07) is 0. The van der Waals surface area contributed by atoms with Crippen LogP contribution < -0.4 is 0 Å². The van der Waals surface area contributed by atoms with Crippen LogP contribution in [-0.2, 0) is 0 Å². The zero-order valence-corrected chi connectivity index (χ0v) is 8.55. The monoisotopic (exact) mass is 170 g/mol. The quantitative estimate of drug-likeness (QED) is 0.303. The molecule has 0 unspecified atom stereocenters. The van der Waals surface area contributed by atoms with E-state index in [1.807, 2.05) is 0 Å². The molecule has 0 bridgehead atoms. The van der Waals surface area contributed by atoms with Crippen LogP contribution in [0.2, 0.25) is 0 Å². The molecule has 0 aromatic rings. The number of rotatable bonds is 8. The molecule has 0 amide bonds. The van der Waals surface area contributed by atoms with Crippen molar-refractivity contribution in [1.82, 2.24) is 0 Å². The summed E-state index contributed by atoms with van der Waals surface area (Å²) >= 11 is 0. The molecule has 0 saturated carbocycles. The van der Waals surface area contributed by atoms with Crippen LogP contribution in [0.15, 0.2) is 0 Å². The molecule has 2 nitrogen and oxygen atoms in total. The lowest BCUT2D eigenvalue weighted by Gasteiger charge is -2.05. The molecule has 0 fully saturated rings. The summed E-state index contributed by atoms with van der Waals surface area (Å²) in [7, 11) is 0. The molecule has 0 N–H and O–H groups in total. The molecule has 0 rings (SSSR count). The van der Waals surface area contributed by atoms with Crippen molar-refractivity contribution < 1.29 is 4.70 Å². The Balaban J connectivity index is 3.10. The molecule has 0 aliphatic heterocycles. The van der Waals surface area contributed by atoms with Gasteiger partial charge in [-0.25, -0.2) is 0 Å². The average molecular weight is 170 g/mol. The smallest absolute Gasteiger partial charge is 0.130 e. The van der Waals surface area contributed by atoms with Crippen LogP contribution >= 0.6 is 0 Å². The second-order valence-electron chi connectivity index (χ2n) is 3.37. The fourth-order valence-corrected chi connectivity index (χ4v) is 1.20. The van der Waals surface area contributed by atoms with Gasteiger partial charge in [0.15, 0.2) is 0 Å². The van der Waals surface area contributed by atoms with Crippen molar-refractivity contribution in [2.45, 2.75) is 52.4 Å². The summed E-state index contributed by atoms with van der Waals surface area (Å²) in [6.07, 6.45) is 7.15. The molecule has 0 atom stereocenters. The number of hydrogen-bond acceptors (Lipinski definition) is 0. The van der Waals surface area contributed by atoms with Crippen LogP contribution in [0.25, 0.3) is 5.53 Å². The summed E-state index contributed by atoms with van der Waals surface area (Å²) in [4.78, 5) is 0. The predicted octanol–water partition coefficient (Wildman–Crippen LogP) is 3.40. The fourth-order valence-electron chi connectivity index (χ4n) is 1.20. The van der Waals surface area contributed by atoms with E-state index in [-0.39, 0.29) is 0 Å². The van der Waals surface area contributed by atoms with Gasteiger partial charge in [0.2, 0.25) is 0 Å². The Morgan fingerprint density at radius 2 is 1.25 bits per heavy atom. The summed E-state index contributed by atoms with van der Waals surface area (Å²) < 4.78 is 1.46. The maximum absolute atomic E-state index is 9.34. The number of unbranched alkanes of at least 4 members (excludes halogenated alkanes) is 4. The van der Waals surface area contributed by atoms with Crippen molar-refractivity contribution >= 4 is 0 Å². The molecule has 0 aromatic carbocycles. The Bertz CT molecular complexity index is 98.4. The van der Waals surface area contributed by atoms with Crippen LogP contribution in [0, 0.1) is 0 Å². The zero-order chi connectivity index (χ0) is 9.23. The Kier molecular flexibility index (Phi) is 8.40. The molecule has 0 aromatic heterocycles. The maximum atomic E-state index is 9.34.